The normalized spacial score (nSPS) is 33.6. The molecule has 10 nitrogen and oxygen atoms in total. The summed E-state index contributed by atoms with van der Waals surface area (Å²) < 4.78 is 54.8. The van der Waals surface area contributed by atoms with Gasteiger partial charge in [0, 0.05) is 32.0 Å². The highest BCUT2D eigenvalue weighted by molar-refractivity contribution is 7.87. The predicted octanol–water partition coefficient (Wildman–Crippen LogP) is -2.09. The summed E-state index contributed by atoms with van der Waals surface area (Å²) in [6.45, 7) is -1.43. The molecule has 2 rings (SSSR count). The van der Waals surface area contributed by atoms with Crippen molar-refractivity contribution in [2.24, 2.45) is 17.4 Å². The van der Waals surface area contributed by atoms with E-state index in [0.29, 0.717) is 0 Å². The molecule has 1 aliphatic heterocycles. The SMILES string of the molecule is NC1(CNS(=O)(=O)N2C[C@H](CCCB(O)O)[C@](N)(C(=O)O)C2)CCC1(F)F. The monoisotopic (exact) mass is 414 g/mol. The topological polar surface area (TPSA) is 179 Å². The second kappa shape index (κ2) is 7.50. The van der Waals surface area contributed by atoms with Gasteiger partial charge in [0.1, 0.15) is 5.54 Å². The number of hydrogen-bond donors (Lipinski definition) is 6. The van der Waals surface area contributed by atoms with Gasteiger partial charge in [-0.1, -0.05) is 6.42 Å². The number of aliphatic carboxylic acids is 1. The van der Waals surface area contributed by atoms with Crippen molar-refractivity contribution in [3.05, 3.63) is 0 Å². The quantitative estimate of drug-likeness (QED) is 0.233. The highest BCUT2D eigenvalue weighted by Crippen LogP contribution is 2.45. The Kier molecular flexibility index (Phi) is 6.22. The molecule has 0 aromatic rings. The molecule has 27 heavy (non-hydrogen) atoms. The minimum Gasteiger partial charge on any atom is -0.480 e. The number of carbonyl (C=O) groups is 1. The van der Waals surface area contributed by atoms with Gasteiger partial charge in [0.05, 0.1) is 5.54 Å². The number of nitrogens with one attached hydrogen (secondary N) is 1. The van der Waals surface area contributed by atoms with Crippen molar-refractivity contribution in [1.82, 2.24) is 9.03 Å². The Balaban J connectivity index is 2.05. The third-order valence-electron chi connectivity index (χ3n) is 5.53. The first-order valence-electron chi connectivity index (χ1n) is 8.53. The Hall–Kier alpha value is -0.895. The maximum Gasteiger partial charge on any atom is 0.451 e. The number of carboxylic acid groups (broad SMARTS) is 1. The summed E-state index contributed by atoms with van der Waals surface area (Å²) in [4.78, 5) is 11.6. The zero-order valence-electron chi connectivity index (χ0n) is 14.6. The van der Waals surface area contributed by atoms with Crippen LogP contribution in [-0.2, 0) is 15.0 Å². The van der Waals surface area contributed by atoms with Crippen LogP contribution >= 0.6 is 0 Å². The first kappa shape index (κ1) is 22.4. The zero-order chi connectivity index (χ0) is 20.7. The van der Waals surface area contributed by atoms with Gasteiger partial charge in [0.2, 0.25) is 0 Å². The standard InChI is InChI=1S/C13H25BF2N4O6S/c15-13(16)4-3-11(13,17)7-19-27(25,26)20-6-9(2-1-5-14(23)24)12(18,8-20)10(21)22/h9,19,23-24H,1-8,17-18H2,(H,21,22)/t9-,11?,12-/m0/s1. The molecule has 1 saturated carbocycles. The van der Waals surface area contributed by atoms with Gasteiger partial charge >= 0.3 is 13.1 Å². The van der Waals surface area contributed by atoms with Crippen LogP contribution in [0.2, 0.25) is 6.32 Å². The van der Waals surface area contributed by atoms with E-state index in [1.54, 1.807) is 0 Å². The molecule has 1 heterocycles. The first-order chi connectivity index (χ1) is 12.2. The number of alkyl halides is 2. The van der Waals surface area contributed by atoms with Crippen molar-refractivity contribution in [3.63, 3.8) is 0 Å². The maximum absolute atomic E-state index is 13.5. The molecule has 0 radical (unpaired) electrons. The lowest BCUT2D eigenvalue weighted by molar-refractivity contribution is -0.145. The van der Waals surface area contributed by atoms with Gasteiger partial charge < -0.3 is 26.6 Å². The molecular formula is C13H25BF2N4O6S. The molecule has 1 aliphatic carbocycles. The van der Waals surface area contributed by atoms with E-state index >= 15 is 0 Å². The van der Waals surface area contributed by atoms with Crippen molar-refractivity contribution in [1.29, 1.82) is 0 Å². The largest absolute Gasteiger partial charge is 0.480 e. The number of halogens is 2. The third-order valence-corrected chi connectivity index (χ3v) is 6.99. The summed E-state index contributed by atoms with van der Waals surface area (Å²) in [7, 11) is -5.83. The number of rotatable bonds is 9. The van der Waals surface area contributed by atoms with E-state index in [2.05, 4.69) is 0 Å². The van der Waals surface area contributed by atoms with Crippen LogP contribution in [0.1, 0.15) is 25.7 Å². The Morgan fingerprint density at radius 1 is 1.30 bits per heavy atom. The maximum atomic E-state index is 13.5. The summed E-state index contributed by atoms with van der Waals surface area (Å²) in [6.07, 6.45) is -0.0788. The Morgan fingerprint density at radius 3 is 2.37 bits per heavy atom. The van der Waals surface area contributed by atoms with Gasteiger partial charge in [0.25, 0.3) is 16.1 Å². The molecule has 14 heteroatoms. The molecule has 156 valence electrons. The molecule has 2 fully saturated rings. The van der Waals surface area contributed by atoms with Gasteiger partial charge in [-0.05, 0) is 19.2 Å². The lowest BCUT2D eigenvalue weighted by Crippen LogP contribution is -2.69. The Bertz CT molecular complexity index is 684. The average molecular weight is 414 g/mol. The molecule has 3 atom stereocenters. The molecule has 0 aromatic carbocycles. The fourth-order valence-electron chi connectivity index (χ4n) is 3.38. The molecule has 1 unspecified atom stereocenters. The summed E-state index contributed by atoms with van der Waals surface area (Å²) in [5.74, 6) is -5.34. The summed E-state index contributed by atoms with van der Waals surface area (Å²) in [6, 6.07) is 0. The molecule has 0 spiro atoms. The fourth-order valence-corrected chi connectivity index (χ4v) is 4.76. The summed E-state index contributed by atoms with van der Waals surface area (Å²) in [5, 5.41) is 27.2. The van der Waals surface area contributed by atoms with Crippen LogP contribution < -0.4 is 16.2 Å². The Morgan fingerprint density at radius 2 is 1.93 bits per heavy atom. The van der Waals surface area contributed by atoms with Crippen molar-refractivity contribution in [2.45, 2.75) is 49.0 Å². The van der Waals surface area contributed by atoms with Crippen molar-refractivity contribution < 1.29 is 37.1 Å². The Labute approximate surface area is 156 Å². The summed E-state index contributed by atoms with van der Waals surface area (Å²) in [5.41, 5.74) is 7.62. The van der Waals surface area contributed by atoms with E-state index in [9.17, 15) is 27.1 Å². The van der Waals surface area contributed by atoms with Crippen LogP contribution in [0.4, 0.5) is 8.78 Å². The van der Waals surface area contributed by atoms with Crippen molar-refractivity contribution in [2.75, 3.05) is 19.6 Å². The molecule has 8 N–H and O–H groups in total. The van der Waals surface area contributed by atoms with E-state index in [1.807, 2.05) is 4.72 Å². The second-order valence-electron chi connectivity index (χ2n) is 7.43. The molecule has 2 aliphatic rings. The van der Waals surface area contributed by atoms with Crippen molar-refractivity contribution in [3.8, 4) is 0 Å². The van der Waals surface area contributed by atoms with E-state index in [-0.39, 0.29) is 32.1 Å². The minimum atomic E-state index is -4.27. The molecule has 0 amide bonds. The molecule has 0 aromatic heterocycles. The third kappa shape index (κ3) is 4.41. The molecule has 0 bridgehead atoms. The van der Waals surface area contributed by atoms with E-state index in [1.165, 1.54) is 0 Å². The van der Waals surface area contributed by atoms with Gasteiger partial charge in [-0.3, -0.25) is 4.79 Å². The van der Waals surface area contributed by atoms with Crippen LogP contribution in [0.5, 0.6) is 0 Å². The predicted molar refractivity (Wildman–Crippen MR) is 91.9 cm³/mol. The van der Waals surface area contributed by atoms with Crippen LogP contribution in [0.15, 0.2) is 0 Å². The van der Waals surface area contributed by atoms with E-state index in [4.69, 9.17) is 21.5 Å². The van der Waals surface area contributed by atoms with E-state index < -0.39 is 65.7 Å². The highest BCUT2D eigenvalue weighted by Gasteiger charge is 2.60. The van der Waals surface area contributed by atoms with Gasteiger partial charge in [0.15, 0.2) is 0 Å². The fraction of sp³-hybridized carbons (Fsp3) is 0.923. The van der Waals surface area contributed by atoms with Crippen molar-refractivity contribution >= 4 is 23.3 Å². The lowest BCUT2D eigenvalue weighted by Gasteiger charge is -2.46. The smallest absolute Gasteiger partial charge is 0.451 e. The van der Waals surface area contributed by atoms with Gasteiger partial charge in [-0.25, -0.2) is 13.5 Å². The first-order valence-corrected chi connectivity index (χ1v) is 9.97. The van der Waals surface area contributed by atoms with Crippen LogP contribution in [-0.4, -0.2) is 77.6 Å². The van der Waals surface area contributed by atoms with Crippen LogP contribution in [0.25, 0.3) is 0 Å². The van der Waals surface area contributed by atoms with Gasteiger partial charge in [-0.15, -0.1) is 0 Å². The number of nitrogens with zero attached hydrogens (tertiary/aromatic N) is 1. The lowest BCUT2D eigenvalue weighted by atomic mass is 9.73. The highest BCUT2D eigenvalue weighted by atomic mass is 32.2. The minimum absolute atomic E-state index is 0.0119. The summed E-state index contributed by atoms with van der Waals surface area (Å²) >= 11 is 0. The molecule has 1 saturated heterocycles. The van der Waals surface area contributed by atoms with Gasteiger partial charge in [-0.2, -0.15) is 12.7 Å². The average Bonchev–Trinajstić information content (AvgIpc) is 2.90. The van der Waals surface area contributed by atoms with Crippen LogP contribution in [0, 0.1) is 5.92 Å². The molecular weight excluding hydrogens is 389 g/mol. The number of carboxylic acids is 1. The van der Waals surface area contributed by atoms with E-state index in [0.717, 1.165) is 4.31 Å². The van der Waals surface area contributed by atoms with Crippen LogP contribution in [0.3, 0.4) is 0 Å². The zero-order valence-corrected chi connectivity index (χ0v) is 15.5. The number of nitrogens with two attached hydrogens (primary N) is 2. The number of hydrogen-bond acceptors (Lipinski definition) is 7. The second-order valence-corrected chi connectivity index (χ2v) is 9.19.